The Kier molecular flexibility index (Phi) is 3.24. The molecule has 1 aromatic carbocycles. The number of nitro groups is 1. The van der Waals surface area contributed by atoms with Gasteiger partial charge in [-0.25, -0.2) is 0 Å². The first-order chi connectivity index (χ1) is 7.68. The van der Waals surface area contributed by atoms with Crippen molar-refractivity contribution in [3.8, 4) is 0 Å². The predicted molar refractivity (Wildman–Crippen MR) is 61.6 cm³/mol. The lowest BCUT2D eigenvalue weighted by Crippen LogP contribution is -2.03. The molecule has 0 amide bonds. The van der Waals surface area contributed by atoms with Gasteiger partial charge in [0.25, 0.3) is 5.69 Å². The molecule has 1 aliphatic rings. The van der Waals surface area contributed by atoms with Crippen molar-refractivity contribution < 1.29 is 9.72 Å². The Morgan fingerprint density at radius 3 is 2.75 bits per heavy atom. The third-order valence-electron chi connectivity index (χ3n) is 2.46. The fourth-order valence-corrected chi connectivity index (χ4v) is 2.40. The molecule has 1 fully saturated rings. The van der Waals surface area contributed by atoms with Gasteiger partial charge in [-0.2, -0.15) is 0 Å². The van der Waals surface area contributed by atoms with E-state index in [0.29, 0.717) is 10.6 Å². The Bertz CT molecular complexity index is 429. The quantitative estimate of drug-likeness (QED) is 0.448. The number of hydrogen-bond donors (Lipinski definition) is 0. The minimum absolute atomic E-state index is 0.0797. The summed E-state index contributed by atoms with van der Waals surface area (Å²) in [5, 5.41) is 10.7. The molecule has 1 aliphatic carbocycles. The Labute approximate surface area is 97.2 Å². The summed E-state index contributed by atoms with van der Waals surface area (Å²) in [7, 11) is 0. The molecule has 0 N–H and O–H groups in total. The van der Waals surface area contributed by atoms with Crippen LogP contribution >= 0.6 is 11.8 Å². The van der Waals surface area contributed by atoms with Crippen LogP contribution in [0.5, 0.6) is 0 Å². The fraction of sp³-hybridized carbons (Fsp3) is 0.364. The van der Waals surface area contributed by atoms with Gasteiger partial charge in [-0.15, -0.1) is 11.8 Å². The highest BCUT2D eigenvalue weighted by Gasteiger charge is 2.29. The Hall–Kier alpha value is -1.36. The van der Waals surface area contributed by atoms with Gasteiger partial charge in [0.2, 0.25) is 0 Å². The van der Waals surface area contributed by atoms with E-state index in [-0.39, 0.29) is 17.4 Å². The minimum atomic E-state index is -0.413. The van der Waals surface area contributed by atoms with Crippen molar-refractivity contribution in [1.29, 1.82) is 0 Å². The van der Waals surface area contributed by atoms with Gasteiger partial charge in [0, 0.05) is 12.0 Å². The summed E-state index contributed by atoms with van der Waals surface area (Å²) in [6.45, 7) is 0. The first-order valence-corrected chi connectivity index (χ1v) is 6.06. The van der Waals surface area contributed by atoms with Gasteiger partial charge in [-0.3, -0.25) is 14.9 Å². The molecule has 5 heteroatoms. The first kappa shape index (κ1) is 11.1. The molecular formula is C11H11NO3S. The highest BCUT2D eigenvalue weighted by Crippen LogP contribution is 2.34. The molecule has 0 aliphatic heterocycles. The largest absolute Gasteiger partial charge is 0.298 e. The van der Waals surface area contributed by atoms with Crippen molar-refractivity contribution in [3.63, 3.8) is 0 Å². The number of ketones is 1. The van der Waals surface area contributed by atoms with E-state index >= 15 is 0 Å². The molecule has 4 nitrogen and oxygen atoms in total. The molecule has 0 heterocycles. The van der Waals surface area contributed by atoms with Gasteiger partial charge < -0.3 is 0 Å². The number of rotatable bonds is 5. The van der Waals surface area contributed by atoms with Crippen LogP contribution in [-0.4, -0.2) is 16.5 Å². The first-order valence-electron chi connectivity index (χ1n) is 5.07. The monoisotopic (exact) mass is 237 g/mol. The standard InChI is InChI=1S/C11H11NO3S/c13-10(8-5-6-8)7-16-11-4-2-1-3-9(11)12(14)15/h1-4,8H,5-7H2. The van der Waals surface area contributed by atoms with Crippen molar-refractivity contribution in [2.24, 2.45) is 5.92 Å². The van der Waals surface area contributed by atoms with E-state index in [1.54, 1.807) is 18.2 Å². The highest BCUT2D eigenvalue weighted by atomic mass is 32.2. The minimum Gasteiger partial charge on any atom is -0.298 e. The van der Waals surface area contributed by atoms with Crippen LogP contribution in [0.1, 0.15) is 12.8 Å². The molecule has 0 saturated heterocycles. The maximum absolute atomic E-state index is 11.5. The van der Waals surface area contributed by atoms with Crippen LogP contribution < -0.4 is 0 Å². The number of Topliss-reactive ketones (excluding diaryl/α,β-unsaturated/α-hetero) is 1. The number of hydrogen-bond acceptors (Lipinski definition) is 4. The molecule has 1 saturated carbocycles. The van der Waals surface area contributed by atoms with Crippen LogP contribution in [0.25, 0.3) is 0 Å². The predicted octanol–water partition coefficient (Wildman–Crippen LogP) is 2.67. The van der Waals surface area contributed by atoms with E-state index in [1.807, 2.05) is 0 Å². The summed E-state index contributed by atoms with van der Waals surface area (Å²) in [6, 6.07) is 6.52. The average Bonchev–Trinajstić information content (AvgIpc) is 3.10. The van der Waals surface area contributed by atoms with Gasteiger partial charge in [0.15, 0.2) is 0 Å². The zero-order valence-electron chi connectivity index (χ0n) is 8.59. The topological polar surface area (TPSA) is 60.2 Å². The van der Waals surface area contributed by atoms with E-state index in [4.69, 9.17) is 0 Å². The van der Waals surface area contributed by atoms with Crippen LogP contribution in [0.3, 0.4) is 0 Å². The van der Waals surface area contributed by atoms with Crippen LogP contribution in [0.15, 0.2) is 29.2 Å². The molecule has 84 valence electrons. The van der Waals surface area contributed by atoms with E-state index in [9.17, 15) is 14.9 Å². The molecule has 2 rings (SSSR count). The summed E-state index contributed by atoms with van der Waals surface area (Å²) < 4.78 is 0. The summed E-state index contributed by atoms with van der Waals surface area (Å²) in [5.41, 5.74) is 0.0797. The van der Waals surface area contributed by atoms with Crippen LogP contribution in [0.2, 0.25) is 0 Å². The maximum Gasteiger partial charge on any atom is 0.282 e. The number of nitro benzene ring substituents is 1. The summed E-state index contributed by atoms with van der Waals surface area (Å²) >= 11 is 1.26. The summed E-state index contributed by atoms with van der Waals surface area (Å²) in [6.07, 6.45) is 1.96. The Morgan fingerprint density at radius 2 is 2.12 bits per heavy atom. The molecule has 0 unspecified atom stereocenters. The summed E-state index contributed by atoms with van der Waals surface area (Å²) in [5.74, 6) is 0.772. The van der Waals surface area contributed by atoms with Crippen molar-refractivity contribution in [1.82, 2.24) is 0 Å². The lowest BCUT2D eigenvalue weighted by atomic mass is 10.3. The van der Waals surface area contributed by atoms with Crippen LogP contribution in [0.4, 0.5) is 5.69 Å². The van der Waals surface area contributed by atoms with E-state index in [0.717, 1.165) is 12.8 Å². The van der Waals surface area contributed by atoms with E-state index < -0.39 is 4.92 Å². The van der Waals surface area contributed by atoms with Gasteiger partial charge in [0.05, 0.1) is 15.6 Å². The van der Waals surface area contributed by atoms with Gasteiger partial charge in [-0.1, -0.05) is 12.1 Å². The van der Waals surface area contributed by atoms with Crippen LogP contribution in [-0.2, 0) is 4.79 Å². The third kappa shape index (κ3) is 2.61. The number of thioether (sulfide) groups is 1. The van der Waals surface area contributed by atoms with Crippen molar-refractivity contribution >= 4 is 23.2 Å². The highest BCUT2D eigenvalue weighted by molar-refractivity contribution is 8.00. The summed E-state index contributed by atoms with van der Waals surface area (Å²) in [4.78, 5) is 22.3. The van der Waals surface area contributed by atoms with Crippen molar-refractivity contribution in [2.45, 2.75) is 17.7 Å². The van der Waals surface area contributed by atoms with E-state index in [2.05, 4.69) is 0 Å². The zero-order chi connectivity index (χ0) is 11.5. The molecule has 16 heavy (non-hydrogen) atoms. The third-order valence-corrected chi connectivity index (χ3v) is 3.55. The Balaban J connectivity index is 2.02. The Morgan fingerprint density at radius 1 is 1.44 bits per heavy atom. The molecule has 0 spiro atoms. The second-order valence-electron chi connectivity index (χ2n) is 3.75. The van der Waals surface area contributed by atoms with E-state index in [1.165, 1.54) is 17.8 Å². The average molecular weight is 237 g/mol. The van der Waals surface area contributed by atoms with Crippen molar-refractivity contribution in [3.05, 3.63) is 34.4 Å². The number of para-hydroxylation sites is 1. The number of nitrogens with zero attached hydrogens (tertiary/aromatic N) is 1. The van der Waals surface area contributed by atoms with Gasteiger partial charge in [-0.05, 0) is 18.9 Å². The molecule has 1 aromatic rings. The van der Waals surface area contributed by atoms with Gasteiger partial charge in [0.1, 0.15) is 5.78 Å². The smallest absolute Gasteiger partial charge is 0.282 e. The van der Waals surface area contributed by atoms with Gasteiger partial charge >= 0.3 is 0 Å². The SMILES string of the molecule is O=C(CSc1ccccc1[N+](=O)[O-])C1CC1. The number of benzene rings is 1. The molecule has 0 atom stereocenters. The second kappa shape index (κ2) is 4.65. The lowest BCUT2D eigenvalue weighted by Gasteiger charge is -2.01. The van der Waals surface area contributed by atoms with Crippen molar-refractivity contribution in [2.75, 3.05) is 5.75 Å². The number of carbonyl (C=O) groups is 1. The second-order valence-corrected chi connectivity index (χ2v) is 4.77. The molecule has 0 aromatic heterocycles. The van der Waals surface area contributed by atoms with Crippen LogP contribution in [0, 0.1) is 16.0 Å². The molecular weight excluding hydrogens is 226 g/mol. The lowest BCUT2D eigenvalue weighted by molar-refractivity contribution is -0.387. The number of carbonyl (C=O) groups excluding carboxylic acids is 1. The normalized spacial score (nSPS) is 14.8. The maximum atomic E-state index is 11.5. The fourth-order valence-electron chi connectivity index (χ4n) is 1.40. The molecule has 0 radical (unpaired) electrons. The zero-order valence-corrected chi connectivity index (χ0v) is 9.40. The molecule has 0 bridgehead atoms.